The number of nitrogens with two attached hydrogens (primary N) is 1. The Balaban J connectivity index is 1.82. The number of carbonyl (C=O) groups is 2. The van der Waals surface area contributed by atoms with Gasteiger partial charge in [0.25, 0.3) is 11.8 Å². The fourth-order valence-corrected chi connectivity index (χ4v) is 2.14. The van der Waals surface area contributed by atoms with Crippen molar-refractivity contribution in [2.75, 3.05) is 5.32 Å². The molecule has 8 nitrogen and oxygen atoms in total. The highest BCUT2D eigenvalue weighted by molar-refractivity contribution is 6.07. The standard InChI is InChI=1S/C15H12FN5O3/c1-21-13(14(17)22)11(7-18-21)19-15(23)10-6-12(24-20-10)8-2-4-9(16)5-3-8/h2-7H,1H3,(H2,17,22)(H,19,23). The van der Waals surface area contributed by atoms with Crippen molar-refractivity contribution in [2.24, 2.45) is 12.8 Å². The predicted octanol–water partition coefficient (Wildman–Crippen LogP) is 1.57. The van der Waals surface area contributed by atoms with Gasteiger partial charge >= 0.3 is 0 Å². The first-order valence-electron chi connectivity index (χ1n) is 6.81. The van der Waals surface area contributed by atoms with E-state index in [-0.39, 0.29) is 22.9 Å². The first kappa shape index (κ1) is 15.4. The van der Waals surface area contributed by atoms with Crippen LogP contribution in [-0.4, -0.2) is 26.8 Å². The highest BCUT2D eigenvalue weighted by Gasteiger charge is 2.19. The van der Waals surface area contributed by atoms with Crippen molar-refractivity contribution in [3.8, 4) is 11.3 Å². The summed E-state index contributed by atoms with van der Waals surface area (Å²) in [5.41, 5.74) is 6.04. The average molecular weight is 329 g/mol. The second-order valence-corrected chi connectivity index (χ2v) is 4.93. The largest absolute Gasteiger partial charge is 0.364 e. The van der Waals surface area contributed by atoms with Crippen molar-refractivity contribution >= 4 is 17.5 Å². The smallest absolute Gasteiger partial charge is 0.277 e. The quantitative estimate of drug-likeness (QED) is 0.753. The molecular weight excluding hydrogens is 317 g/mol. The number of anilines is 1. The third kappa shape index (κ3) is 2.86. The zero-order valence-electron chi connectivity index (χ0n) is 12.5. The molecule has 3 aromatic rings. The topological polar surface area (TPSA) is 116 Å². The fourth-order valence-electron chi connectivity index (χ4n) is 2.14. The number of carbonyl (C=O) groups excluding carboxylic acids is 2. The molecular formula is C15H12FN5O3. The Hall–Kier alpha value is -3.49. The van der Waals surface area contributed by atoms with Crippen LogP contribution in [0.5, 0.6) is 0 Å². The van der Waals surface area contributed by atoms with E-state index in [4.69, 9.17) is 10.3 Å². The number of nitrogens with zero attached hydrogens (tertiary/aromatic N) is 3. The van der Waals surface area contributed by atoms with Gasteiger partial charge in [-0.25, -0.2) is 4.39 Å². The monoisotopic (exact) mass is 329 g/mol. The van der Waals surface area contributed by atoms with Gasteiger partial charge in [-0.15, -0.1) is 0 Å². The van der Waals surface area contributed by atoms with Gasteiger partial charge in [0.05, 0.1) is 11.9 Å². The number of benzene rings is 1. The highest BCUT2D eigenvalue weighted by atomic mass is 19.1. The Morgan fingerprint density at radius 2 is 2.00 bits per heavy atom. The van der Waals surface area contributed by atoms with E-state index in [1.807, 2.05) is 0 Å². The van der Waals surface area contributed by atoms with Gasteiger partial charge in [0, 0.05) is 18.7 Å². The van der Waals surface area contributed by atoms with E-state index < -0.39 is 11.8 Å². The summed E-state index contributed by atoms with van der Waals surface area (Å²) in [6.07, 6.45) is 1.30. The number of nitrogens with one attached hydrogen (secondary N) is 1. The van der Waals surface area contributed by atoms with E-state index in [0.29, 0.717) is 11.3 Å². The van der Waals surface area contributed by atoms with Crippen molar-refractivity contribution < 1.29 is 18.5 Å². The van der Waals surface area contributed by atoms with Gasteiger partial charge in [0.15, 0.2) is 11.5 Å². The Labute approximate surface area is 135 Å². The van der Waals surface area contributed by atoms with Gasteiger partial charge in [-0.3, -0.25) is 14.3 Å². The molecule has 122 valence electrons. The Morgan fingerprint density at radius 1 is 1.29 bits per heavy atom. The van der Waals surface area contributed by atoms with Crippen LogP contribution in [0.25, 0.3) is 11.3 Å². The third-order valence-electron chi connectivity index (χ3n) is 3.29. The number of amides is 2. The SMILES string of the molecule is Cn1ncc(NC(=O)c2cc(-c3ccc(F)cc3)on2)c1C(N)=O. The average Bonchev–Trinajstić information content (AvgIpc) is 3.15. The molecule has 0 bridgehead atoms. The summed E-state index contributed by atoms with van der Waals surface area (Å²) in [6.45, 7) is 0. The number of rotatable bonds is 4. The summed E-state index contributed by atoms with van der Waals surface area (Å²) in [6, 6.07) is 6.95. The van der Waals surface area contributed by atoms with Crippen molar-refractivity contribution in [1.82, 2.24) is 14.9 Å². The summed E-state index contributed by atoms with van der Waals surface area (Å²) in [5, 5.41) is 10.0. The van der Waals surface area contributed by atoms with Crippen molar-refractivity contribution in [3.63, 3.8) is 0 Å². The van der Waals surface area contributed by atoms with Crippen molar-refractivity contribution in [3.05, 3.63) is 53.7 Å². The number of hydrogen-bond donors (Lipinski definition) is 2. The maximum absolute atomic E-state index is 12.9. The normalized spacial score (nSPS) is 10.6. The molecule has 1 aromatic carbocycles. The van der Waals surface area contributed by atoms with Crippen molar-refractivity contribution in [2.45, 2.75) is 0 Å². The number of halogens is 1. The van der Waals surface area contributed by atoms with E-state index in [1.54, 1.807) is 0 Å². The van der Waals surface area contributed by atoms with E-state index in [1.165, 1.54) is 48.3 Å². The summed E-state index contributed by atoms with van der Waals surface area (Å²) < 4.78 is 19.3. The summed E-state index contributed by atoms with van der Waals surface area (Å²) >= 11 is 0. The molecule has 0 atom stereocenters. The van der Waals surface area contributed by atoms with Crippen LogP contribution in [0.15, 0.2) is 41.1 Å². The second-order valence-electron chi connectivity index (χ2n) is 4.93. The van der Waals surface area contributed by atoms with Crippen molar-refractivity contribution in [1.29, 1.82) is 0 Å². The molecule has 0 aliphatic heterocycles. The fraction of sp³-hybridized carbons (Fsp3) is 0.0667. The Kier molecular flexibility index (Phi) is 3.82. The predicted molar refractivity (Wildman–Crippen MR) is 81.6 cm³/mol. The van der Waals surface area contributed by atoms with Gasteiger partial charge in [-0.1, -0.05) is 5.16 Å². The molecule has 0 saturated carbocycles. The lowest BCUT2D eigenvalue weighted by Gasteiger charge is -2.02. The Morgan fingerprint density at radius 3 is 2.67 bits per heavy atom. The molecule has 2 amide bonds. The minimum atomic E-state index is -0.725. The van der Waals surface area contributed by atoms with Gasteiger partial charge in [-0.05, 0) is 24.3 Å². The molecule has 0 aliphatic carbocycles. The third-order valence-corrected chi connectivity index (χ3v) is 3.29. The van der Waals surface area contributed by atoms with Crippen LogP contribution >= 0.6 is 0 Å². The lowest BCUT2D eigenvalue weighted by Crippen LogP contribution is -2.20. The molecule has 2 aromatic heterocycles. The molecule has 0 saturated heterocycles. The summed E-state index contributed by atoms with van der Waals surface area (Å²) in [5.74, 6) is -1.40. The van der Waals surface area contributed by atoms with Gasteiger partial charge < -0.3 is 15.6 Å². The number of aryl methyl sites for hydroxylation is 1. The molecule has 24 heavy (non-hydrogen) atoms. The Bertz CT molecular complexity index is 914. The van der Waals surface area contributed by atoms with Gasteiger partial charge in [0.2, 0.25) is 0 Å². The van der Waals surface area contributed by atoms with Crippen LogP contribution < -0.4 is 11.1 Å². The minimum absolute atomic E-state index is 0.00593. The molecule has 0 fully saturated rings. The van der Waals surface area contributed by atoms with E-state index >= 15 is 0 Å². The molecule has 2 heterocycles. The number of aromatic nitrogens is 3. The van der Waals surface area contributed by atoms with Crippen LogP contribution in [0, 0.1) is 5.82 Å². The molecule has 3 rings (SSSR count). The molecule has 3 N–H and O–H groups in total. The number of primary amides is 1. The van der Waals surface area contributed by atoms with E-state index in [2.05, 4.69) is 15.6 Å². The van der Waals surface area contributed by atoms with E-state index in [0.717, 1.165) is 0 Å². The highest BCUT2D eigenvalue weighted by Crippen LogP contribution is 2.21. The minimum Gasteiger partial charge on any atom is -0.364 e. The van der Waals surface area contributed by atoms with Crippen LogP contribution in [0.1, 0.15) is 21.0 Å². The summed E-state index contributed by atoms with van der Waals surface area (Å²) in [4.78, 5) is 23.6. The van der Waals surface area contributed by atoms with Crippen LogP contribution in [0.3, 0.4) is 0 Å². The molecule has 9 heteroatoms. The maximum atomic E-state index is 12.9. The molecule has 0 spiro atoms. The van der Waals surface area contributed by atoms with Crippen LogP contribution in [-0.2, 0) is 7.05 Å². The first-order chi connectivity index (χ1) is 11.5. The summed E-state index contributed by atoms with van der Waals surface area (Å²) in [7, 11) is 1.53. The van der Waals surface area contributed by atoms with Gasteiger partial charge in [0.1, 0.15) is 11.5 Å². The van der Waals surface area contributed by atoms with Crippen LogP contribution in [0.4, 0.5) is 10.1 Å². The van der Waals surface area contributed by atoms with E-state index in [9.17, 15) is 14.0 Å². The molecule has 0 unspecified atom stereocenters. The van der Waals surface area contributed by atoms with Gasteiger partial charge in [-0.2, -0.15) is 5.10 Å². The first-order valence-corrected chi connectivity index (χ1v) is 6.81. The lowest BCUT2D eigenvalue weighted by molar-refractivity contribution is 0.0992. The van der Waals surface area contributed by atoms with Crippen LogP contribution in [0.2, 0.25) is 0 Å². The molecule has 0 radical (unpaired) electrons. The second kappa shape index (κ2) is 5.95. The molecule has 0 aliphatic rings. The maximum Gasteiger partial charge on any atom is 0.277 e. The zero-order valence-corrected chi connectivity index (χ0v) is 12.5. The lowest BCUT2D eigenvalue weighted by atomic mass is 10.1. The number of hydrogen-bond acceptors (Lipinski definition) is 5. The zero-order chi connectivity index (χ0) is 17.3.